The molecule has 110 valence electrons. The number of halogens is 3. The van der Waals surface area contributed by atoms with Crippen molar-refractivity contribution in [1.82, 2.24) is 4.90 Å². The molecule has 1 unspecified atom stereocenters. The molecule has 0 aliphatic carbocycles. The van der Waals surface area contributed by atoms with Gasteiger partial charge >= 0.3 is 5.97 Å². The van der Waals surface area contributed by atoms with Crippen molar-refractivity contribution in [1.29, 1.82) is 0 Å². The molecule has 1 atom stereocenters. The summed E-state index contributed by atoms with van der Waals surface area (Å²) in [5.74, 6) is -3.01. The summed E-state index contributed by atoms with van der Waals surface area (Å²) in [6.45, 7) is 3.50. The van der Waals surface area contributed by atoms with Gasteiger partial charge in [-0.15, -0.1) is 0 Å². The Hall–Kier alpha value is -1.33. The highest BCUT2D eigenvalue weighted by molar-refractivity contribution is 6.36. The number of amides is 1. The van der Waals surface area contributed by atoms with Crippen LogP contribution < -0.4 is 0 Å². The predicted octanol–water partition coefficient (Wildman–Crippen LogP) is 3.32. The van der Waals surface area contributed by atoms with E-state index in [0.29, 0.717) is 0 Å². The van der Waals surface area contributed by atoms with Crippen molar-refractivity contribution in [3.05, 3.63) is 33.6 Å². The second kappa shape index (κ2) is 6.90. The maximum absolute atomic E-state index is 13.4. The van der Waals surface area contributed by atoms with Crippen LogP contribution in [0.5, 0.6) is 0 Å². The lowest BCUT2D eigenvalue weighted by Crippen LogP contribution is -2.37. The van der Waals surface area contributed by atoms with Gasteiger partial charge in [-0.3, -0.25) is 9.59 Å². The van der Waals surface area contributed by atoms with Gasteiger partial charge in [-0.05, 0) is 19.1 Å². The average Bonchev–Trinajstić information content (AvgIpc) is 2.38. The van der Waals surface area contributed by atoms with Crippen molar-refractivity contribution in [3.8, 4) is 0 Å². The molecule has 4 nitrogen and oxygen atoms in total. The summed E-state index contributed by atoms with van der Waals surface area (Å²) in [4.78, 5) is 24.4. The SMILES string of the molecule is CCN(CC(C)C(=O)O)C(=O)c1cc(F)c(Cl)cc1Cl. The second-order valence-corrected chi connectivity index (χ2v) is 5.14. The summed E-state index contributed by atoms with van der Waals surface area (Å²) in [5, 5.41) is 8.73. The first-order chi connectivity index (χ1) is 9.27. The van der Waals surface area contributed by atoms with E-state index in [9.17, 15) is 14.0 Å². The number of carboxylic acids is 1. The largest absolute Gasteiger partial charge is 0.481 e. The first-order valence-corrected chi connectivity index (χ1v) is 6.70. The highest BCUT2D eigenvalue weighted by Gasteiger charge is 2.23. The number of carbonyl (C=O) groups is 2. The predicted molar refractivity (Wildman–Crippen MR) is 74.8 cm³/mol. The van der Waals surface area contributed by atoms with Crippen LogP contribution in [0.25, 0.3) is 0 Å². The molecule has 0 saturated carbocycles. The lowest BCUT2D eigenvalue weighted by atomic mass is 10.1. The van der Waals surface area contributed by atoms with E-state index in [4.69, 9.17) is 28.3 Å². The van der Waals surface area contributed by atoms with Crippen LogP contribution in [0, 0.1) is 11.7 Å². The summed E-state index contributed by atoms with van der Waals surface area (Å²) in [5.41, 5.74) is -0.0343. The number of nitrogens with zero attached hydrogens (tertiary/aromatic N) is 1. The molecule has 0 fully saturated rings. The number of benzene rings is 1. The number of aliphatic carboxylic acids is 1. The number of rotatable bonds is 5. The minimum atomic E-state index is -1.01. The zero-order chi connectivity index (χ0) is 15.4. The van der Waals surface area contributed by atoms with E-state index in [1.54, 1.807) is 6.92 Å². The zero-order valence-electron chi connectivity index (χ0n) is 11.0. The Morgan fingerprint density at radius 2 is 1.95 bits per heavy atom. The van der Waals surface area contributed by atoms with Crippen molar-refractivity contribution in [2.24, 2.45) is 5.92 Å². The number of hydrogen-bond donors (Lipinski definition) is 1. The molecule has 0 aliphatic rings. The Morgan fingerprint density at radius 3 is 2.45 bits per heavy atom. The van der Waals surface area contributed by atoms with E-state index in [0.717, 1.165) is 12.1 Å². The zero-order valence-corrected chi connectivity index (χ0v) is 12.5. The normalized spacial score (nSPS) is 12.1. The highest BCUT2D eigenvalue weighted by Crippen LogP contribution is 2.25. The monoisotopic (exact) mass is 321 g/mol. The molecule has 0 aliphatic heterocycles. The summed E-state index contributed by atoms with van der Waals surface area (Å²) in [6.07, 6.45) is 0. The maximum Gasteiger partial charge on any atom is 0.308 e. The van der Waals surface area contributed by atoms with Crippen LogP contribution in [0.1, 0.15) is 24.2 Å². The summed E-state index contributed by atoms with van der Waals surface area (Å²) in [6, 6.07) is 2.11. The molecule has 0 heterocycles. The third kappa shape index (κ3) is 3.84. The fourth-order valence-corrected chi connectivity index (χ4v) is 2.09. The standard InChI is InChI=1S/C13H14Cl2FNO3/c1-3-17(6-7(2)13(19)20)12(18)8-4-11(16)10(15)5-9(8)14/h4-5,7H,3,6H2,1-2H3,(H,19,20). The first kappa shape index (κ1) is 16.7. The van der Waals surface area contributed by atoms with Crippen LogP contribution in [0.15, 0.2) is 12.1 Å². The van der Waals surface area contributed by atoms with Crippen LogP contribution in [-0.2, 0) is 4.79 Å². The van der Waals surface area contributed by atoms with Gasteiger partial charge in [0.1, 0.15) is 5.82 Å². The van der Waals surface area contributed by atoms with E-state index in [1.807, 2.05) is 0 Å². The molecule has 0 radical (unpaired) electrons. The lowest BCUT2D eigenvalue weighted by Gasteiger charge is -2.23. The van der Waals surface area contributed by atoms with Gasteiger partial charge in [-0.1, -0.05) is 30.1 Å². The lowest BCUT2D eigenvalue weighted by molar-refractivity contribution is -0.141. The van der Waals surface area contributed by atoms with Crippen LogP contribution in [0.3, 0.4) is 0 Å². The van der Waals surface area contributed by atoms with Gasteiger partial charge < -0.3 is 10.0 Å². The molecular weight excluding hydrogens is 308 g/mol. The van der Waals surface area contributed by atoms with E-state index in [2.05, 4.69) is 0 Å². The molecular formula is C13H14Cl2FNO3. The Labute approximate surface area is 126 Å². The molecule has 1 aromatic rings. The minimum absolute atomic E-state index is 0.0191. The van der Waals surface area contributed by atoms with E-state index < -0.39 is 23.6 Å². The van der Waals surface area contributed by atoms with E-state index in [-0.39, 0.29) is 28.7 Å². The molecule has 0 spiro atoms. The van der Waals surface area contributed by atoms with Crippen LogP contribution in [0.4, 0.5) is 4.39 Å². The molecule has 1 N–H and O–H groups in total. The van der Waals surface area contributed by atoms with Gasteiger partial charge in [0, 0.05) is 13.1 Å². The van der Waals surface area contributed by atoms with Crippen molar-refractivity contribution >= 4 is 35.1 Å². The maximum atomic E-state index is 13.4. The highest BCUT2D eigenvalue weighted by atomic mass is 35.5. The molecule has 0 bridgehead atoms. The van der Waals surface area contributed by atoms with Crippen molar-refractivity contribution in [3.63, 3.8) is 0 Å². The summed E-state index contributed by atoms with van der Waals surface area (Å²) >= 11 is 11.4. The molecule has 1 rings (SSSR count). The molecule has 7 heteroatoms. The Kier molecular flexibility index (Phi) is 5.77. The summed E-state index contributed by atoms with van der Waals surface area (Å²) < 4.78 is 13.4. The molecule has 1 amide bonds. The average molecular weight is 322 g/mol. The topological polar surface area (TPSA) is 57.6 Å². The van der Waals surface area contributed by atoms with Gasteiger partial charge in [0.25, 0.3) is 5.91 Å². The number of carbonyl (C=O) groups excluding carboxylic acids is 1. The van der Waals surface area contributed by atoms with Gasteiger partial charge in [0.15, 0.2) is 0 Å². The Morgan fingerprint density at radius 1 is 1.35 bits per heavy atom. The van der Waals surface area contributed by atoms with Crippen molar-refractivity contribution in [2.45, 2.75) is 13.8 Å². The van der Waals surface area contributed by atoms with Crippen LogP contribution >= 0.6 is 23.2 Å². The fraction of sp³-hybridized carbons (Fsp3) is 0.385. The van der Waals surface area contributed by atoms with Crippen molar-refractivity contribution in [2.75, 3.05) is 13.1 Å². The third-order valence-electron chi connectivity index (χ3n) is 2.83. The number of hydrogen-bond acceptors (Lipinski definition) is 2. The quantitative estimate of drug-likeness (QED) is 0.846. The molecule has 0 aromatic heterocycles. The minimum Gasteiger partial charge on any atom is -0.481 e. The van der Waals surface area contributed by atoms with Gasteiger partial charge in [0.2, 0.25) is 0 Å². The smallest absolute Gasteiger partial charge is 0.308 e. The first-order valence-electron chi connectivity index (χ1n) is 5.94. The fourth-order valence-electron chi connectivity index (χ4n) is 1.62. The molecule has 1 aromatic carbocycles. The van der Waals surface area contributed by atoms with Gasteiger partial charge in [-0.25, -0.2) is 4.39 Å². The Balaban J connectivity index is 3.03. The van der Waals surface area contributed by atoms with Crippen molar-refractivity contribution < 1.29 is 19.1 Å². The second-order valence-electron chi connectivity index (χ2n) is 4.33. The summed E-state index contributed by atoms with van der Waals surface area (Å²) in [7, 11) is 0. The molecule has 0 saturated heterocycles. The van der Waals surface area contributed by atoms with Gasteiger partial charge in [0.05, 0.1) is 21.5 Å². The Bertz CT molecular complexity index is 537. The molecule has 20 heavy (non-hydrogen) atoms. The van der Waals surface area contributed by atoms with Crippen LogP contribution in [-0.4, -0.2) is 35.0 Å². The third-order valence-corrected chi connectivity index (χ3v) is 3.43. The number of carboxylic acid groups (broad SMARTS) is 1. The van der Waals surface area contributed by atoms with E-state index >= 15 is 0 Å². The van der Waals surface area contributed by atoms with Gasteiger partial charge in [-0.2, -0.15) is 0 Å². The van der Waals surface area contributed by atoms with E-state index in [1.165, 1.54) is 11.8 Å². The van der Waals surface area contributed by atoms with Crippen LogP contribution in [0.2, 0.25) is 10.0 Å².